The number of aromatic nitrogens is 1. The molecular weight excluding hydrogens is 450 g/mol. The van der Waals surface area contributed by atoms with Gasteiger partial charge in [-0.15, -0.1) is 0 Å². The molecule has 0 bridgehead atoms. The molecule has 2 aromatic carbocycles. The van der Waals surface area contributed by atoms with Crippen molar-refractivity contribution in [1.82, 2.24) is 10.3 Å². The zero-order valence-corrected chi connectivity index (χ0v) is 19.8. The molecule has 182 valence electrons. The van der Waals surface area contributed by atoms with Crippen LogP contribution in [-0.2, 0) is 11.2 Å². The fourth-order valence-corrected chi connectivity index (χ4v) is 4.78. The number of benzene rings is 2. The predicted octanol–water partition coefficient (Wildman–Crippen LogP) is 4.42. The lowest BCUT2D eigenvalue weighted by atomic mass is 9.94. The van der Waals surface area contributed by atoms with Gasteiger partial charge in [-0.1, -0.05) is 26.0 Å². The summed E-state index contributed by atoms with van der Waals surface area (Å²) in [5, 5.41) is 2.83. The van der Waals surface area contributed by atoms with Gasteiger partial charge in [0.1, 0.15) is 23.1 Å². The molecule has 0 aliphatic carbocycles. The van der Waals surface area contributed by atoms with Crippen molar-refractivity contribution in [2.24, 2.45) is 5.92 Å². The van der Waals surface area contributed by atoms with Crippen molar-refractivity contribution in [3.8, 4) is 22.3 Å². The van der Waals surface area contributed by atoms with Crippen LogP contribution in [0.5, 0.6) is 0 Å². The van der Waals surface area contributed by atoms with Crippen LogP contribution in [0.15, 0.2) is 42.6 Å². The van der Waals surface area contributed by atoms with Crippen molar-refractivity contribution in [3.63, 3.8) is 0 Å². The van der Waals surface area contributed by atoms with Crippen molar-refractivity contribution >= 4 is 17.4 Å². The van der Waals surface area contributed by atoms with Gasteiger partial charge in [-0.25, -0.2) is 13.8 Å². The van der Waals surface area contributed by atoms with Gasteiger partial charge in [0.15, 0.2) is 0 Å². The first kappa shape index (κ1) is 23.2. The summed E-state index contributed by atoms with van der Waals surface area (Å²) in [6.45, 7) is 5.95. The number of halogens is 2. The highest BCUT2D eigenvalue weighted by Crippen LogP contribution is 2.35. The van der Waals surface area contributed by atoms with Crippen LogP contribution in [0.1, 0.15) is 29.8 Å². The number of nitrogens with zero attached hydrogens (tertiary/aromatic N) is 2. The third-order valence-corrected chi connectivity index (χ3v) is 6.76. The molecule has 1 aromatic heterocycles. The molecule has 1 amide bonds. The molecule has 5 rings (SSSR count). The van der Waals surface area contributed by atoms with Gasteiger partial charge < -0.3 is 20.7 Å². The molecule has 3 aromatic rings. The monoisotopic (exact) mass is 478 g/mol. The molecule has 2 aliphatic rings. The molecule has 1 atom stereocenters. The summed E-state index contributed by atoms with van der Waals surface area (Å²) in [7, 11) is 0. The molecular formula is C27H28F2N4O2. The highest BCUT2D eigenvalue weighted by Gasteiger charge is 2.27. The Morgan fingerprint density at radius 1 is 1.09 bits per heavy atom. The Bertz CT molecular complexity index is 1270. The lowest BCUT2D eigenvalue weighted by Crippen LogP contribution is -2.45. The minimum Gasteiger partial charge on any atom is -0.383 e. The van der Waals surface area contributed by atoms with E-state index < -0.39 is 11.6 Å². The van der Waals surface area contributed by atoms with Crippen LogP contribution in [0.2, 0.25) is 0 Å². The van der Waals surface area contributed by atoms with Gasteiger partial charge in [0.25, 0.3) is 5.91 Å². The van der Waals surface area contributed by atoms with E-state index in [1.54, 1.807) is 17.0 Å². The minimum atomic E-state index is -0.623. The maximum absolute atomic E-state index is 15.2. The van der Waals surface area contributed by atoms with E-state index in [0.717, 1.165) is 17.5 Å². The van der Waals surface area contributed by atoms with Crippen LogP contribution in [0.4, 0.5) is 20.3 Å². The first-order valence-electron chi connectivity index (χ1n) is 11.8. The van der Waals surface area contributed by atoms with Gasteiger partial charge in [0, 0.05) is 42.5 Å². The molecule has 3 N–H and O–H groups in total. The van der Waals surface area contributed by atoms with E-state index in [0.29, 0.717) is 54.3 Å². The molecule has 35 heavy (non-hydrogen) atoms. The highest BCUT2D eigenvalue weighted by molar-refractivity contribution is 5.97. The van der Waals surface area contributed by atoms with E-state index in [1.807, 2.05) is 26.0 Å². The largest absolute Gasteiger partial charge is 0.383 e. The predicted molar refractivity (Wildman–Crippen MR) is 132 cm³/mol. The zero-order valence-electron chi connectivity index (χ0n) is 19.8. The second-order valence-corrected chi connectivity index (χ2v) is 9.42. The van der Waals surface area contributed by atoms with Gasteiger partial charge in [0.2, 0.25) is 0 Å². The second kappa shape index (κ2) is 9.26. The van der Waals surface area contributed by atoms with Crippen LogP contribution in [0.25, 0.3) is 22.3 Å². The average Bonchev–Trinajstić information content (AvgIpc) is 2.84. The fourth-order valence-electron chi connectivity index (χ4n) is 4.78. The van der Waals surface area contributed by atoms with Gasteiger partial charge in [-0.05, 0) is 53.3 Å². The number of hydrogen-bond donors (Lipinski definition) is 2. The van der Waals surface area contributed by atoms with Gasteiger partial charge >= 0.3 is 0 Å². The number of hydrogen-bond acceptors (Lipinski definition) is 5. The molecule has 6 nitrogen and oxygen atoms in total. The number of amides is 1. The van der Waals surface area contributed by atoms with E-state index in [4.69, 9.17) is 10.5 Å². The average molecular weight is 479 g/mol. The van der Waals surface area contributed by atoms with E-state index >= 15 is 8.78 Å². The summed E-state index contributed by atoms with van der Waals surface area (Å²) >= 11 is 0. The fraction of sp³-hybridized carbons (Fsp3) is 0.333. The summed E-state index contributed by atoms with van der Waals surface area (Å²) in [6.07, 6.45) is 2.16. The molecule has 3 heterocycles. The molecule has 8 heteroatoms. The normalized spacial score (nSPS) is 17.9. The van der Waals surface area contributed by atoms with Crippen molar-refractivity contribution < 1.29 is 18.3 Å². The summed E-state index contributed by atoms with van der Waals surface area (Å²) < 4.78 is 36.2. The zero-order chi connectivity index (χ0) is 24.7. The van der Waals surface area contributed by atoms with Gasteiger partial charge in [-0.3, -0.25) is 4.79 Å². The smallest absolute Gasteiger partial charge is 0.251 e. The SMILES string of the molecule is CC(C)[C@H]1CN(c2c(F)cc(-c3cnc(N)c(-c4ccc5c(c4)CCNC5=O)c3)cc2F)CCO1. The van der Waals surface area contributed by atoms with Crippen molar-refractivity contribution in [3.05, 3.63) is 65.4 Å². The standard InChI is InChI=1S/C27H28F2N4O2/c1-15(2)24-14-33(7-8-35-24)25-22(28)11-18(12-23(25)29)19-10-21(26(30)32-13-19)16-3-4-20-17(9-16)5-6-31-27(20)34/h3-4,9-13,15,24H,5-8,14H2,1-2H3,(H2,30,32)(H,31,34)/t24-/m1/s1. The van der Waals surface area contributed by atoms with E-state index in [-0.39, 0.29) is 23.6 Å². The molecule has 2 aliphatic heterocycles. The van der Waals surface area contributed by atoms with E-state index in [1.165, 1.54) is 18.3 Å². The summed E-state index contributed by atoms with van der Waals surface area (Å²) in [5.41, 5.74) is 10.1. The summed E-state index contributed by atoms with van der Waals surface area (Å²) in [5.74, 6) is -0.783. The van der Waals surface area contributed by atoms with Crippen molar-refractivity contribution in [2.45, 2.75) is 26.4 Å². The Kier molecular flexibility index (Phi) is 6.15. The molecule has 0 radical (unpaired) electrons. The Morgan fingerprint density at radius 3 is 2.60 bits per heavy atom. The molecule has 0 saturated carbocycles. The van der Waals surface area contributed by atoms with E-state index in [2.05, 4.69) is 10.3 Å². The number of fused-ring (bicyclic) bond motifs is 1. The Balaban J connectivity index is 1.49. The quantitative estimate of drug-likeness (QED) is 0.580. The summed E-state index contributed by atoms with van der Waals surface area (Å²) in [6, 6.07) is 9.98. The van der Waals surface area contributed by atoms with Crippen LogP contribution < -0.4 is 16.0 Å². The number of nitrogens with two attached hydrogens (primary N) is 1. The minimum absolute atomic E-state index is 0.0284. The first-order chi connectivity index (χ1) is 16.8. The lowest BCUT2D eigenvalue weighted by molar-refractivity contribution is 0.0110. The Labute approximate surface area is 203 Å². The number of carbonyl (C=O) groups is 1. The van der Waals surface area contributed by atoms with Crippen LogP contribution in [0.3, 0.4) is 0 Å². The number of carbonyl (C=O) groups excluding carboxylic acids is 1. The number of rotatable bonds is 4. The third kappa shape index (κ3) is 4.46. The van der Waals surface area contributed by atoms with Crippen molar-refractivity contribution in [1.29, 1.82) is 0 Å². The van der Waals surface area contributed by atoms with Gasteiger partial charge in [-0.2, -0.15) is 0 Å². The molecule has 1 fully saturated rings. The van der Waals surface area contributed by atoms with Gasteiger partial charge in [0.05, 0.1) is 12.7 Å². The van der Waals surface area contributed by atoms with Crippen LogP contribution in [0, 0.1) is 17.6 Å². The Morgan fingerprint density at radius 2 is 1.86 bits per heavy atom. The van der Waals surface area contributed by atoms with Crippen molar-refractivity contribution in [2.75, 3.05) is 36.9 Å². The molecule has 1 saturated heterocycles. The summed E-state index contributed by atoms with van der Waals surface area (Å²) in [4.78, 5) is 18.1. The molecule has 0 unspecified atom stereocenters. The third-order valence-electron chi connectivity index (χ3n) is 6.76. The number of ether oxygens (including phenoxy) is 1. The van der Waals surface area contributed by atoms with Crippen LogP contribution in [-0.4, -0.2) is 43.2 Å². The number of nitrogen functional groups attached to an aromatic ring is 1. The van der Waals surface area contributed by atoms with E-state index in [9.17, 15) is 4.79 Å². The topological polar surface area (TPSA) is 80.5 Å². The number of pyridine rings is 1. The maximum atomic E-state index is 15.2. The first-order valence-corrected chi connectivity index (χ1v) is 11.8. The highest BCUT2D eigenvalue weighted by atomic mass is 19.1. The Hall–Kier alpha value is -3.52. The number of morpholine rings is 1. The van der Waals surface area contributed by atoms with Crippen LogP contribution >= 0.6 is 0 Å². The second-order valence-electron chi connectivity index (χ2n) is 9.42. The lowest BCUT2D eigenvalue weighted by Gasteiger charge is -2.36. The number of nitrogens with one attached hydrogen (secondary N) is 1. The molecule has 0 spiro atoms. The number of anilines is 2. The maximum Gasteiger partial charge on any atom is 0.251 e.